The first-order chi connectivity index (χ1) is 12.8. The van der Waals surface area contributed by atoms with Crippen LogP contribution in [0.1, 0.15) is 28.4 Å². The Hall–Kier alpha value is -2.30. The summed E-state index contributed by atoms with van der Waals surface area (Å²) >= 11 is 2.08. The van der Waals surface area contributed by atoms with Gasteiger partial charge in [-0.2, -0.15) is 18.3 Å². The molecule has 2 rings (SSSR count). The molecular formula is C18H16F3IN2O3. The van der Waals surface area contributed by atoms with E-state index in [-0.39, 0.29) is 5.56 Å². The molecule has 1 amide bonds. The number of ether oxygens (including phenoxy) is 2. The molecule has 0 aromatic heterocycles. The van der Waals surface area contributed by atoms with Gasteiger partial charge in [-0.1, -0.05) is 6.07 Å². The molecule has 0 heterocycles. The number of benzene rings is 2. The Morgan fingerprint density at radius 2 is 2.04 bits per heavy atom. The zero-order chi connectivity index (χ0) is 20.0. The lowest BCUT2D eigenvalue weighted by atomic mass is 10.1. The van der Waals surface area contributed by atoms with Crippen LogP contribution in [0.25, 0.3) is 0 Å². The summed E-state index contributed by atoms with van der Waals surface area (Å²) in [6, 6.07) is 7.57. The summed E-state index contributed by atoms with van der Waals surface area (Å²) in [6.07, 6.45) is -3.15. The third-order valence-corrected chi connectivity index (χ3v) is 4.17. The quantitative estimate of drug-likeness (QED) is 0.368. The number of amides is 1. The van der Waals surface area contributed by atoms with Gasteiger partial charge in [0.05, 0.1) is 29.1 Å². The topological polar surface area (TPSA) is 59.9 Å². The molecule has 0 radical (unpaired) electrons. The predicted molar refractivity (Wildman–Crippen MR) is 103 cm³/mol. The highest BCUT2D eigenvalue weighted by Crippen LogP contribution is 2.33. The van der Waals surface area contributed by atoms with E-state index >= 15 is 0 Å². The number of nitrogens with one attached hydrogen (secondary N) is 1. The molecule has 0 bridgehead atoms. The third kappa shape index (κ3) is 5.59. The molecule has 0 aliphatic rings. The Morgan fingerprint density at radius 1 is 1.30 bits per heavy atom. The molecule has 0 aliphatic heterocycles. The first-order valence-electron chi connectivity index (χ1n) is 7.77. The van der Waals surface area contributed by atoms with Gasteiger partial charge in [0.2, 0.25) is 0 Å². The van der Waals surface area contributed by atoms with E-state index in [0.717, 1.165) is 15.7 Å². The van der Waals surface area contributed by atoms with Crippen LogP contribution in [0.2, 0.25) is 0 Å². The van der Waals surface area contributed by atoms with Crippen LogP contribution in [-0.4, -0.2) is 25.8 Å². The maximum atomic E-state index is 12.7. The Bertz CT molecular complexity index is 854. The van der Waals surface area contributed by atoms with Crippen molar-refractivity contribution in [3.05, 3.63) is 56.7 Å². The van der Waals surface area contributed by atoms with Crippen LogP contribution in [0.15, 0.2) is 41.5 Å². The largest absolute Gasteiger partial charge is 0.492 e. The molecule has 2 aromatic carbocycles. The molecule has 27 heavy (non-hydrogen) atoms. The summed E-state index contributed by atoms with van der Waals surface area (Å²) < 4.78 is 49.7. The Kier molecular flexibility index (Phi) is 7.05. The van der Waals surface area contributed by atoms with Crippen LogP contribution < -0.4 is 14.9 Å². The van der Waals surface area contributed by atoms with Crippen LogP contribution in [-0.2, 0) is 6.18 Å². The van der Waals surface area contributed by atoms with E-state index in [2.05, 4.69) is 33.1 Å². The fraction of sp³-hybridized carbons (Fsp3) is 0.222. The number of carbonyl (C=O) groups excluding carboxylic acids is 1. The van der Waals surface area contributed by atoms with Gasteiger partial charge in [-0.05, 0) is 65.4 Å². The Balaban J connectivity index is 2.14. The van der Waals surface area contributed by atoms with Gasteiger partial charge >= 0.3 is 6.18 Å². The molecular weight excluding hydrogens is 476 g/mol. The van der Waals surface area contributed by atoms with Gasteiger partial charge in [-0.25, -0.2) is 5.43 Å². The van der Waals surface area contributed by atoms with Gasteiger partial charge in [-0.3, -0.25) is 4.79 Å². The number of rotatable bonds is 6. The van der Waals surface area contributed by atoms with Crippen molar-refractivity contribution in [2.75, 3.05) is 13.7 Å². The fourth-order valence-electron chi connectivity index (χ4n) is 2.19. The summed E-state index contributed by atoms with van der Waals surface area (Å²) in [4.78, 5) is 12.0. The third-order valence-electron chi connectivity index (χ3n) is 3.37. The smallest absolute Gasteiger partial charge is 0.416 e. The number of methoxy groups -OCH3 is 1. The summed E-state index contributed by atoms with van der Waals surface area (Å²) in [5, 5.41) is 3.80. The highest BCUT2D eigenvalue weighted by Gasteiger charge is 2.30. The molecule has 0 fully saturated rings. The van der Waals surface area contributed by atoms with Crippen LogP contribution in [0, 0.1) is 3.57 Å². The molecule has 1 N–H and O–H groups in total. The van der Waals surface area contributed by atoms with Crippen LogP contribution in [0.4, 0.5) is 13.2 Å². The van der Waals surface area contributed by atoms with E-state index < -0.39 is 17.6 Å². The monoisotopic (exact) mass is 492 g/mol. The molecule has 2 aromatic rings. The number of alkyl halides is 3. The second kappa shape index (κ2) is 9.07. The van der Waals surface area contributed by atoms with E-state index in [0.29, 0.717) is 23.7 Å². The average Bonchev–Trinajstić information content (AvgIpc) is 2.61. The molecule has 5 nitrogen and oxygen atoms in total. The number of nitrogens with zero attached hydrogens (tertiary/aromatic N) is 1. The van der Waals surface area contributed by atoms with Crippen molar-refractivity contribution < 1.29 is 27.4 Å². The van der Waals surface area contributed by atoms with E-state index in [1.54, 1.807) is 12.1 Å². The van der Waals surface area contributed by atoms with Crippen molar-refractivity contribution >= 4 is 34.7 Å². The van der Waals surface area contributed by atoms with Crippen molar-refractivity contribution in [1.29, 1.82) is 0 Å². The Labute approximate surface area is 167 Å². The van der Waals surface area contributed by atoms with E-state index in [1.165, 1.54) is 25.5 Å². The van der Waals surface area contributed by atoms with Gasteiger partial charge in [0, 0.05) is 5.56 Å². The van der Waals surface area contributed by atoms with Crippen LogP contribution in [0.5, 0.6) is 11.5 Å². The van der Waals surface area contributed by atoms with Gasteiger partial charge in [0.25, 0.3) is 5.91 Å². The first-order valence-corrected chi connectivity index (χ1v) is 8.85. The van der Waals surface area contributed by atoms with Crippen molar-refractivity contribution in [3.8, 4) is 11.5 Å². The molecule has 0 unspecified atom stereocenters. The van der Waals surface area contributed by atoms with Crippen molar-refractivity contribution in [2.45, 2.75) is 13.1 Å². The average molecular weight is 492 g/mol. The lowest BCUT2D eigenvalue weighted by Crippen LogP contribution is -2.18. The Morgan fingerprint density at radius 3 is 2.67 bits per heavy atom. The van der Waals surface area contributed by atoms with Gasteiger partial charge in [-0.15, -0.1) is 0 Å². The van der Waals surface area contributed by atoms with Crippen molar-refractivity contribution in [1.82, 2.24) is 5.43 Å². The maximum absolute atomic E-state index is 12.7. The molecule has 0 saturated carbocycles. The molecule has 0 saturated heterocycles. The van der Waals surface area contributed by atoms with E-state index in [4.69, 9.17) is 9.47 Å². The summed E-state index contributed by atoms with van der Waals surface area (Å²) in [5.74, 6) is 0.366. The van der Waals surface area contributed by atoms with Gasteiger partial charge in [0.1, 0.15) is 0 Å². The summed E-state index contributed by atoms with van der Waals surface area (Å²) in [5.41, 5.74) is 1.81. The summed E-state index contributed by atoms with van der Waals surface area (Å²) in [6.45, 7) is 2.28. The van der Waals surface area contributed by atoms with E-state index in [9.17, 15) is 18.0 Å². The zero-order valence-corrected chi connectivity index (χ0v) is 16.6. The molecule has 9 heteroatoms. The maximum Gasteiger partial charge on any atom is 0.416 e. The van der Waals surface area contributed by atoms with E-state index in [1.807, 2.05) is 6.92 Å². The minimum atomic E-state index is -4.52. The zero-order valence-electron chi connectivity index (χ0n) is 14.4. The first kappa shape index (κ1) is 21.0. The molecule has 0 spiro atoms. The molecule has 0 aliphatic carbocycles. The lowest BCUT2D eigenvalue weighted by molar-refractivity contribution is -0.137. The van der Waals surface area contributed by atoms with Crippen molar-refractivity contribution in [2.24, 2.45) is 5.10 Å². The van der Waals surface area contributed by atoms with Gasteiger partial charge in [0.15, 0.2) is 11.5 Å². The van der Waals surface area contributed by atoms with Gasteiger partial charge < -0.3 is 9.47 Å². The number of hydrogen-bond donors (Lipinski definition) is 1. The van der Waals surface area contributed by atoms with Crippen molar-refractivity contribution in [3.63, 3.8) is 0 Å². The second-order valence-electron chi connectivity index (χ2n) is 5.24. The second-order valence-corrected chi connectivity index (χ2v) is 6.41. The highest BCUT2D eigenvalue weighted by molar-refractivity contribution is 14.1. The normalized spacial score (nSPS) is 11.5. The van der Waals surface area contributed by atoms with Crippen LogP contribution in [0.3, 0.4) is 0 Å². The molecule has 0 atom stereocenters. The standard InChI is InChI=1S/C18H16F3IN2O3/c1-3-27-15-8-11(7-14(22)16(15)26-2)10-23-24-17(25)12-5-4-6-13(9-12)18(19,20)21/h4-10H,3H2,1-2H3,(H,24,25)/b23-10-. The number of carbonyl (C=O) groups is 1. The summed E-state index contributed by atoms with van der Waals surface area (Å²) in [7, 11) is 1.53. The minimum Gasteiger partial charge on any atom is -0.492 e. The lowest BCUT2D eigenvalue weighted by Gasteiger charge is -2.11. The molecule has 144 valence electrons. The fourth-order valence-corrected chi connectivity index (χ4v) is 3.04. The SMILES string of the molecule is CCOc1cc(/C=N\NC(=O)c2cccc(C(F)(F)F)c2)cc(I)c1OC. The predicted octanol–water partition coefficient (Wildman–Crippen LogP) is 4.48. The number of halogens is 4. The van der Waals surface area contributed by atoms with Crippen LogP contribution >= 0.6 is 22.6 Å². The number of hydrogen-bond acceptors (Lipinski definition) is 4. The minimum absolute atomic E-state index is 0.138. The number of hydrazone groups is 1. The highest BCUT2D eigenvalue weighted by atomic mass is 127.